The van der Waals surface area contributed by atoms with E-state index in [9.17, 15) is 14.6 Å². The summed E-state index contributed by atoms with van der Waals surface area (Å²) in [5, 5.41) is 22.0. The molecule has 0 spiro atoms. The van der Waals surface area contributed by atoms with Gasteiger partial charge in [-0.05, 0) is 37.6 Å². The summed E-state index contributed by atoms with van der Waals surface area (Å²) in [6.45, 7) is 3.80. The molecule has 20 heavy (non-hydrogen) atoms. The minimum Gasteiger partial charge on any atom is -0.508 e. The molecule has 2 rings (SSSR count). The van der Waals surface area contributed by atoms with Gasteiger partial charge in [0.15, 0.2) is 0 Å². The Bertz CT molecular complexity index is 601. The van der Waals surface area contributed by atoms with Crippen molar-refractivity contribution in [2.75, 3.05) is 0 Å². The Morgan fingerprint density at radius 1 is 0.950 bits per heavy atom. The molecule has 2 atom stereocenters. The highest BCUT2D eigenvalue weighted by atomic mass is 19.1. The summed E-state index contributed by atoms with van der Waals surface area (Å²) in [7, 11) is 0. The van der Waals surface area contributed by atoms with E-state index < -0.39 is 5.82 Å². The van der Waals surface area contributed by atoms with E-state index in [0.717, 1.165) is 11.6 Å². The zero-order valence-corrected chi connectivity index (χ0v) is 11.5. The molecular formula is C16H18FNO2. The van der Waals surface area contributed by atoms with Crippen LogP contribution in [-0.2, 0) is 0 Å². The lowest BCUT2D eigenvalue weighted by molar-refractivity contribution is 0.451. The quantitative estimate of drug-likeness (QED) is 0.798. The molecule has 0 aliphatic rings. The first-order chi connectivity index (χ1) is 9.47. The molecule has 0 saturated carbocycles. The number of benzene rings is 2. The van der Waals surface area contributed by atoms with Crippen LogP contribution in [0, 0.1) is 5.82 Å². The van der Waals surface area contributed by atoms with Gasteiger partial charge < -0.3 is 15.5 Å². The molecule has 3 nitrogen and oxygen atoms in total. The predicted octanol–water partition coefficient (Wildman–Crippen LogP) is 3.65. The van der Waals surface area contributed by atoms with Gasteiger partial charge in [-0.2, -0.15) is 0 Å². The Kier molecular flexibility index (Phi) is 4.25. The molecule has 0 amide bonds. The van der Waals surface area contributed by atoms with Gasteiger partial charge in [0.25, 0.3) is 0 Å². The second-order valence-corrected chi connectivity index (χ2v) is 4.91. The third-order valence-corrected chi connectivity index (χ3v) is 3.32. The van der Waals surface area contributed by atoms with E-state index in [1.54, 1.807) is 24.3 Å². The first kappa shape index (κ1) is 14.3. The molecule has 3 N–H and O–H groups in total. The molecule has 0 radical (unpaired) electrons. The smallest absolute Gasteiger partial charge is 0.131 e. The Labute approximate surface area is 117 Å². The van der Waals surface area contributed by atoms with Gasteiger partial charge in [-0.15, -0.1) is 0 Å². The SMILES string of the molecule is CC(NC(C)c1ccc(O)cc1F)c1cccc(O)c1. The van der Waals surface area contributed by atoms with Crippen molar-refractivity contribution in [2.24, 2.45) is 0 Å². The molecule has 0 heterocycles. The van der Waals surface area contributed by atoms with Crippen molar-refractivity contribution in [3.8, 4) is 11.5 Å². The van der Waals surface area contributed by atoms with E-state index in [1.165, 1.54) is 6.07 Å². The molecule has 0 saturated heterocycles. The standard InChI is InChI=1S/C16H18FNO2/c1-10(12-4-3-5-13(19)8-12)18-11(2)15-7-6-14(20)9-16(15)17/h3-11,18-20H,1-2H3. The molecule has 0 bridgehead atoms. The number of hydrogen-bond acceptors (Lipinski definition) is 3. The van der Waals surface area contributed by atoms with Gasteiger partial charge in [-0.25, -0.2) is 4.39 Å². The van der Waals surface area contributed by atoms with Gasteiger partial charge in [-0.1, -0.05) is 18.2 Å². The minimum atomic E-state index is -0.437. The largest absolute Gasteiger partial charge is 0.508 e. The third kappa shape index (κ3) is 3.27. The van der Waals surface area contributed by atoms with Gasteiger partial charge in [0.2, 0.25) is 0 Å². The maximum atomic E-state index is 13.8. The molecule has 2 aromatic rings. The number of phenolic OH excluding ortho intramolecular Hbond substituents is 2. The zero-order valence-electron chi connectivity index (χ0n) is 11.5. The number of halogens is 1. The van der Waals surface area contributed by atoms with E-state index in [0.29, 0.717) is 5.56 Å². The summed E-state index contributed by atoms with van der Waals surface area (Å²) < 4.78 is 13.8. The molecule has 106 valence electrons. The van der Waals surface area contributed by atoms with Crippen molar-refractivity contribution in [1.29, 1.82) is 0 Å². The van der Waals surface area contributed by atoms with Crippen molar-refractivity contribution in [1.82, 2.24) is 5.32 Å². The van der Waals surface area contributed by atoms with E-state index in [4.69, 9.17) is 0 Å². The molecule has 0 aliphatic carbocycles. The van der Waals surface area contributed by atoms with Crippen molar-refractivity contribution in [2.45, 2.75) is 25.9 Å². The second-order valence-electron chi connectivity index (χ2n) is 4.91. The second kappa shape index (κ2) is 5.92. The number of nitrogens with one attached hydrogen (secondary N) is 1. The van der Waals surface area contributed by atoms with Gasteiger partial charge in [0.05, 0.1) is 0 Å². The van der Waals surface area contributed by atoms with Crippen molar-refractivity contribution in [3.05, 3.63) is 59.4 Å². The zero-order chi connectivity index (χ0) is 14.7. The molecule has 2 unspecified atom stereocenters. The molecule has 0 aliphatic heterocycles. The van der Waals surface area contributed by atoms with Gasteiger partial charge in [0, 0.05) is 23.7 Å². The third-order valence-electron chi connectivity index (χ3n) is 3.32. The average molecular weight is 275 g/mol. The van der Waals surface area contributed by atoms with Crippen molar-refractivity contribution >= 4 is 0 Å². The van der Waals surface area contributed by atoms with Crippen LogP contribution in [0.1, 0.15) is 37.1 Å². The predicted molar refractivity (Wildman–Crippen MR) is 76.1 cm³/mol. The van der Waals surface area contributed by atoms with E-state index >= 15 is 0 Å². The van der Waals surface area contributed by atoms with Crippen LogP contribution in [0.3, 0.4) is 0 Å². The number of phenols is 2. The molecular weight excluding hydrogens is 257 g/mol. The lowest BCUT2D eigenvalue weighted by atomic mass is 10.0. The van der Waals surface area contributed by atoms with Crippen LogP contribution >= 0.6 is 0 Å². The highest BCUT2D eigenvalue weighted by Gasteiger charge is 2.15. The summed E-state index contributed by atoms with van der Waals surface area (Å²) in [5.74, 6) is -0.313. The lowest BCUT2D eigenvalue weighted by Crippen LogP contribution is -2.23. The average Bonchev–Trinajstić information content (AvgIpc) is 2.38. The maximum absolute atomic E-state index is 13.8. The van der Waals surface area contributed by atoms with E-state index in [1.807, 2.05) is 19.9 Å². The maximum Gasteiger partial charge on any atom is 0.131 e. The van der Waals surface area contributed by atoms with Crippen molar-refractivity contribution < 1.29 is 14.6 Å². The lowest BCUT2D eigenvalue weighted by Gasteiger charge is -2.21. The first-order valence-electron chi connectivity index (χ1n) is 6.50. The Morgan fingerprint density at radius 2 is 1.65 bits per heavy atom. The van der Waals surface area contributed by atoms with Crippen LogP contribution in [0.2, 0.25) is 0 Å². The molecule has 0 aromatic heterocycles. The summed E-state index contributed by atoms with van der Waals surface area (Å²) >= 11 is 0. The fourth-order valence-corrected chi connectivity index (χ4v) is 2.22. The number of rotatable bonds is 4. The topological polar surface area (TPSA) is 52.5 Å². The van der Waals surface area contributed by atoms with E-state index in [2.05, 4.69) is 5.32 Å². The minimum absolute atomic E-state index is 0.0368. The van der Waals surface area contributed by atoms with Crippen LogP contribution in [-0.4, -0.2) is 10.2 Å². The fourth-order valence-electron chi connectivity index (χ4n) is 2.22. The van der Waals surface area contributed by atoms with Crippen LogP contribution in [0.15, 0.2) is 42.5 Å². The van der Waals surface area contributed by atoms with Gasteiger partial charge in [-0.3, -0.25) is 0 Å². The molecule has 4 heteroatoms. The van der Waals surface area contributed by atoms with Gasteiger partial charge >= 0.3 is 0 Å². The monoisotopic (exact) mass is 275 g/mol. The summed E-state index contributed by atoms with van der Waals surface area (Å²) in [6.07, 6.45) is 0. The Morgan fingerprint density at radius 3 is 2.30 bits per heavy atom. The Balaban J connectivity index is 2.12. The number of hydrogen-bond donors (Lipinski definition) is 3. The van der Waals surface area contributed by atoms with Crippen LogP contribution in [0.4, 0.5) is 4.39 Å². The number of aromatic hydroxyl groups is 2. The molecule has 0 fully saturated rings. The van der Waals surface area contributed by atoms with Gasteiger partial charge in [0.1, 0.15) is 17.3 Å². The van der Waals surface area contributed by atoms with E-state index in [-0.39, 0.29) is 23.6 Å². The Hall–Kier alpha value is -2.07. The fraction of sp³-hybridized carbons (Fsp3) is 0.250. The van der Waals surface area contributed by atoms with Crippen molar-refractivity contribution in [3.63, 3.8) is 0 Å². The van der Waals surface area contributed by atoms with Crippen LogP contribution in [0.25, 0.3) is 0 Å². The molecule has 2 aromatic carbocycles. The van der Waals surface area contributed by atoms with Crippen LogP contribution < -0.4 is 5.32 Å². The normalized spacial score (nSPS) is 13.9. The summed E-state index contributed by atoms with van der Waals surface area (Å²) in [5.41, 5.74) is 1.42. The summed E-state index contributed by atoms with van der Waals surface area (Å²) in [6, 6.07) is 10.8. The highest BCUT2D eigenvalue weighted by Crippen LogP contribution is 2.25. The highest BCUT2D eigenvalue weighted by molar-refractivity contribution is 5.31. The van der Waals surface area contributed by atoms with Crippen LogP contribution in [0.5, 0.6) is 11.5 Å². The first-order valence-corrected chi connectivity index (χ1v) is 6.50. The summed E-state index contributed by atoms with van der Waals surface area (Å²) in [4.78, 5) is 0.